The van der Waals surface area contributed by atoms with Crippen molar-refractivity contribution >= 4 is 23.8 Å². The summed E-state index contributed by atoms with van der Waals surface area (Å²) in [5.74, 6) is -0.735. The zero-order valence-electron chi connectivity index (χ0n) is 9.69. The minimum absolute atomic E-state index is 0.148. The third-order valence-electron chi connectivity index (χ3n) is 2.88. The van der Waals surface area contributed by atoms with E-state index in [1.807, 2.05) is 36.4 Å². The summed E-state index contributed by atoms with van der Waals surface area (Å²) in [4.78, 5) is 10.6. The number of benzene rings is 1. The van der Waals surface area contributed by atoms with Gasteiger partial charge in [-0.15, -0.1) is 11.8 Å². The van der Waals surface area contributed by atoms with Crippen LogP contribution in [0.4, 0.5) is 0 Å². The highest BCUT2D eigenvalue weighted by molar-refractivity contribution is 8.00. The normalized spacial score (nSPS) is 23.4. The molecule has 96 valence electrons. The highest BCUT2D eigenvalue weighted by Gasteiger charge is 2.25. The fraction of sp³-hybridized carbons (Fsp3) is 0.308. The van der Waals surface area contributed by atoms with Crippen molar-refractivity contribution in [3.8, 4) is 0 Å². The largest absolute Gasteiger partial charge is 0.480 e. The van der Waals surface area contributed by atoms with Crippen molar-refractivity contribution in [1.29, 1.82) is 0 Å². The van der Waals surface area contributed by atoms with Crippen LogP contribution < -0.4 is 5.73 Å². The van der Waals surface area contributed by atoms with Crippen LogP contribution in [0.25, 0.3) is 6.08 Å². The number of carboxylic acid groups (broad SMARTS) is 1. The molecule has 0 spiro atoms. The zero-order valence-corrected chi connectivity index (χ0v) is 10.5. The molecule has 0 fully saturated rings. The Hall–Kier alpha value is -1.30. The van der Waals surface area contributed by atoms with E-state index < -0.39 is 18.1 Å². The van der Waals surface area contributed by atoms with Crippen LogP contribution in [-0.2, 0) is 4.79 Å². The molecule has 3 atom stereocenters. The molecule has 2 rings (SSSR count). The third-order valence-corrected chi connectivity index (χ3v) is 4.23. The number of fused-ring (bicyclic) bond motifs is 1. The number of rotatable bonds is 4. The molecule has 1 aromatic rings. The minimum Gasteiger partial charge on any atom is -0.480 e. The molecule has 18 heavy (non-hydrogen) atoms. The zero-order chi connectivity index (χ0) is 13.1. The van der Waals surface area contributed by atoms with Gasteiger partial charge in [0.2, 0.25) is 0 Å². The van der Waals surface area contributed by atoms with Gasteiger partial charge in [-0.2, -0.15) is 0 Å². The molecule has 1 aromatic carbocycles. The Balaban J connectivity index is 2.04. The van der Waals surface area contributed by atoms with Gasteiger partial charge in [-0.25, -0.2) is 0 Å². The number of hydrogen-bond donors (Lipinski definition) is 3. The first-order valence-electron chi connectivity index (χ1n) is 5.65. The molecule has 5 heteroatoms. The second-order valence-electron chi connectivity index (χ2n) is 4.18. The van der Waals surface area contributed by atoms with Gasteiger partial charge in [-0.1, -0.05) is 36.4 Å². The van der Waals surface area contributed by atoms with Crippen molar-refractivity contribution < 1.29 is 15.0 Å². The molecule has 0 saturated heterocycles. The van der Waals surface area contributed by atoms with Gasteiger partial charge < -0.3 is 15.9 Å². The summed E-state index contributed by atoms with van der Waals surface area (Å²) in [5, 5.41) is 18.8. The van der Waals surface area contributed by atoms with E-state index in [0.29, 0.717) is 0 Å². The molecule has 4 N–H and O–H groups in total. The fourth-order valence-electron chi connectivity index (χ4n) is 1.85. The SMILES string of the molecule is N[C@@H](CSC1C=Cc2ccccc2C1O)C(=O)O. The van der Waals surface area contributed by atoms with Crippen LogP contribution in [0.3, 0.4) is 0 Å². The van der Waals surface area contributed by atoms with Crippen LogP contribution in [-0.4, -0.2) is 33.2 Å². The average molecular weight is 265 g/mol. The Labute approximate surface area is 110 Å². The smallest absolute Gasteiger partial charge is 0.321 e. The first kappa shape index (κ1) is 13.1. The van der Waals surface area contributed by atoms with Crippen LogP contribution in [0, 0.1) is 0 Å². The van der Waals surface area contributed by atoms with Gasteiger partial charge in [0.05, 0.1) is 11.4 Å². The van der Waals surface area contributed by atoms with Crippen LogP contribution in [0.2, 0.25) is 0 Å². The number of thioether (sulfide) groups is 1. The molecule has 1 aliphatic carbocycles. The number of hydrogen-bond acceptors (Lipinski definition) is 4. The number of carboxylic acids is 1. The number of aliphatic hydroxyl groups excluding tert-OH is 1. The molecule has 4 nitrogen and oxygen atoms in total. The van der Waals surface area contributed by atoms with Crippen molar-refractivity contribution in [2.24, 2.45) is 5.73 Å². The monoisotopic (exact) mass is 265 g/mol. The van der Waals surface area contributed by atoms with E-state index in [1.54, 1.807) is 0 Å². The quantitative estimate of drug-likeness (QED) is 0.763. The van der Waals surface area contributed by atoms with E-state index in [2.05, 4.69) is 0 Å². The Kier molecular flexibility index (Phi) is 4.06. The van der Waals surface area contributed by atoms with E-state index in [-0.39, 0.29) is 11.0 Å². The van der Waals surface area contributed by atoms with Gasteiger partial charge in [-0.3, -0.25) is 4.79 Å². The summed E-state index contributed by atoms with van der Waals surface area (Å²) < 4.78 is 0. The van der Waals surface area contributed by atoms with E-state index >= 15 is 0 Å². The maximum atomic E-state index is 10.6. The molecular weight excluding hydrogens is 250 g/mol. The maximum absolute atomic E-state index is 10.6. The Bertz CT molecular complexity index is 475. The molecule has 0 radical (unpaired) electrons. The van der Waals surface area contributed by atoms with Crippen LogP contribution >= 0.6 is 11.8 Å². The van der Waals surface area contributed by atoms with Gasteiger partial charge in [0.1, 0.15) is 6.04 Å². The number of aliphatic carboxylic acids is 1. The highest BCUT2D eigenvalue weighted by Crippen LogP contribution is 2.34. The molecule has 0 bridgehead atoms. The van der Waals surface area contributed by atoms with Crippen molar-refractivity contribution in [2.75, 3.05) is 5.75 Å². The Morgan fingerprint density at radius 3 is 2.89 bits per heavy atom. The van der Waals surface area contributed by atoms with E-state index in [9.17, 15) is 9.90 Å². The summed E-state index contributed by atoms with van der Waals surface area (Å²) in [6.07, 6.45) is 3.23. The van der Waals surface area contributed by atoms with Crippen molar-refractivity contribution in [1.82, 2.24) is 0 Å². The fourth-order valence-corrected chi connectivity index (χ4v) is 2.94. The van der Waals surface area contributed by atoms with Crippen molar-refractivity contribution in [3.05, 3.63) is 41.5 Å². The van der Waals surface area contributed by atoms with Crippen molar-refractivity contribution in [3.63, 3.8) is 0 Å². The third kappa shape index (κ3) is 2.75. The molecule has 0 aliphatic heterocycles. The van der Waals surface area contributed by atoms with Gasteiger partial charge in [0.25, 0.3) is 0 Å². The van der Waals surface area contributed by atoms with Gasteiger partial charge in [0, 0.05) is 5.75 Å². The predicted octanol–water partition coefficient (Wildman–Crippen LogP) is 1.26. The minimum atomic E-state index is -1.02. The van der Waals surface area contributed by atoms with Crippen LogP contribution in [0.5, 0.6) is 0 Å². The van der Waals surface area contributed by atoms with Gasteiger partial charge in [-0.05, 0) is 11.1 Å². The predicted molar refractivity (Wildman–Crippen MR) is 72.3 cm³/mol. The van der Waals surface area contributed by atoms with Crippen molar-refractivity contribution in [2.45, 2.75) is 17.4 Å². The van der Waals surface area contributed by atoms with Gasteiger partial charge in [0.15, 0.2) is 0 Å². The summed E-state index contributed by atoms with van der Waals surface area (Å²) in [6, 6.07) is 6.73. The lowest BCUT2D eigenvalue weighted by Gasteiger charge is -2.25. The standard InChI is InChI=1S/C13H15NO3S/c14-10(13(16)17)7-18-11-6-5-8-3-1-2-4-9(8)12(11)15/h1-6,10-12,15H,7,14H2,(H,16,17)/t10-,11?,12?/m0/s1. The topological polar surface area (TPSA) is 83.5 Å². The first-order chi connectivity index (χ1) is 8.59. The average Bonchev–Trinajstić information content (AvgIpc) is 2.38. The second-order valence-corrected chi connectivity index (χ2v) is 5.39. The van der Waals surface area contributed by atoms with Crippen LogP contribution in [0.15, 0.2) is 30.3 Å². The summed E-state index contributed by atoms with van der Waals surface area (Å²) in [7, 11) is 0. The molecule has 2 unspecified atom stereocenters. The summed E-state index contributed by atoms with van der Waals surface area (Å²) >= 11 is 1.36. The van der Waals surface area contributed by atoms with Gasteiger partial charge >= 0.3 is 5.97 Å². The molecule has 0 aromatic heterocycles. The number of aliphatic hydroxyl groups is 1. The summed E-state index contributed by atoms with van der Waals surface area (Å²) in [5.41, 5.74) is 7.33. The highest BCUT2D eigenvalue weighted by atomic mass is 32.2. The molecule has 1 aliphatic rings. The first-order valence-corrected chi connectivity index (χ1v) is 6.69. The van der Waals surface area contributed by atoms with E-state index in [4.69, 9.17) is 10.8 Å². The molecular formula is C13H15NO3S. The molecule has 0 saturated carbocycles. The molecule has 0 amide bonds. The van der Waals surface area contributed by atoms with E-state index in [0.717, 1.165) is 11.1 Å². The maximum Gasteiger partial charge on any atom is 0.321 e. The van der Waals surface area contributed by atoms with Crippen LogP contribution in [0.1, 0.15) is 17.2 Å². The number of carbonyl (C=O) groups is 1. The second kappa shape index (κ2) is 5.56. The Morgan fingerprint density at radius 2 is 2.17 bits per heavy atom. The Morgan fingerprint density at radius 1 is 1.44 bits per heavy atom. The van der Waals surface area contributed by atoms with E-state index in [1.165, 1.54) is 11.8 Å². The number of nitrogens with two attached hydrogens (primary N) is 1. The molecule has 0 heterocycles. The summed E-state index contributed by atoms with van der Waals surface area (Å²) in [6.45, 7) is 0. The lowest BCUT2D eigenvalue weighted by Crippen LogP contribution is -2.33. The lowest BCUT2D eigenvalue weighted by molar-refractivity contribution is -0.137. The lowest BCUT2D eigenvalue weighted by atomic mass is 9.95.